The number of thioether (sulfide) groups is 1. The predicted molar refractivity (Wildman–Crippen MR) is 77.6 cm³/mol. The summed E-state index contributed by atoms with van der Waals surface area (Å²) in [4.78, 5) is 0. The second-order valence-electron chi connectivity index (χ2n) is 4.37. The summed E-state index contributed by atoms with van der Waals surface area (Å²) in [6.07, 6.45) is 3.20. The molecule has 0 fully saturated rings. The van der Waals surface area contributed by atoms with E-state index in [2.05, 4.69) is 61.7 Å². The third-order valence-corrected chi connectivity index (χ3v) is 3.49. The maximum absolute atomic E-state index is 2.27. The molecule has 88 valence electrons. The van der Waals surface area contributed by atoms with Crippen molar-refractivity contribution in [3.63, 3.8) is 0 Å². The number of hydrogen-bond acceptors (Lipinski definition) is 1. The first-order chi connectivity index (χ1) is 8.29. The Morgan fingerprint density at radius 3 is 2.41 bits per heavy atom. The Bertz CT molecular complexity index is 488. The van der Waals surface area contributed by atoms with Gasteiger partial charge in [0.25, 0.3) is 0 Å². The van der Waals surface area contributed by atoms with Crippen LogP contribution in [0.5, 0.6) is 0 Å². The molecule has 0 N–H and O–H groups in total. The van der Waals surface area contributed by atoms with Crippen LogP contribution in [0.25, 0.3) is 0 Å². The highest BCUT2D eigenvalue weighted by atomic mass is 32.2. The highest BCUT2D eigenvalue weighted by Crippen LogP contribution is 2.18. The van der Waals surface area contributed by atoms with Crippen molar-refractivity contribution in [3.05, 3.63) is 70.8 Å². The zero-order valence-corrected chi connectivity index (χ0v) is 11.3. The van der Waals surface area contributed by atoms with Crippen LogP contribution < -0.4 is 0 Å². The minimum atomic E-state index is 1.04. The van der Waals surface area contributed by atoms with Crippen LogP contribution in [-0.4, -0.2) is 6.26 Å². The van der Waals surface area contributed by atoms with Crippen molar-refractivity contribution in [1.82, 2.24) is 0 Å². The topological polar surface area (TPSA) is 0 Å². The molecule has 0 saturated heterocycles. The molecule has 17 heavy (non-hydrogen) atoms. The molecule has 0 bridgehead atoms. The summed E-state index contributed by atoms with van der Waals surface area (Å²) in [6, 6.07) is 17.5. The SMILES string of the molecule is CSCc1ccccc1Cc1cccc(C)c1. The van der Waals surface area contributed by atoms with Gasteiger partial charge in [-0.05, 0) is 36.3 Å². The number of benzene rings is 2. The summed E-state index contributed by atoms with van der Waals surface area (Å²) < 4.78 is 0. The summed E-state index contributed by atoms with van der Waals surface area (Å²) >= 11 is 1.88. The Kier molecular flexibility index (Phi) is 4.27. The molecule has 0 radical (unpaired) electrons. The lowest BCUT2D eigenvalue weighted by Gasteiger charge is -2.09. The van der Waals surface area contributed by atoms with E-state index in [1.54, 1.807) is 0 Å². The molecule has 0 saturated carbocycles. The van der Waals surface area contributed by atoms with E-state index in [0.717, 1.165) is 12.2 Å². The van der Waals surface area contributed by atoms with Crippen LogP contribution in [0.1, 0.15) is 22.3 Å². The monoisotopic (exact) mass is 242 g/mol. The van der Waals surface area contributed by atoms with Crippen molar-refractivity contribution in [2.45, 2.75) is 19.1 Å². The second kappa shape index (κ2) is 5.92. The first-order valence-electron chi connectivity index (χ1n) is 5.91. The summed E-state index contributed by atoms with van der Waals surface area (Å²) in [6.45, 7) is 2.15. The number of aryl methyl sites for hydroxylation is 1. The van der Waals surface area contributed by atoms with Crippen molar-refractivity contribution < 1.29 is 0 Å². The number of hydrogen-bond donors (Lipinski definition) is 0. The van der Waals surface area contributed by atoms with E-state index < -0.39 is 0 Å². The molecule has 0 aromatic heterocycles. The fraction of sp³-hybridized carbons (Fsp3) is 0.250. The molecule has 2 rings (SSSR count). The second-order valence-corrected chi connectivity index (χ2v) is 5.23. The molecule has 0 aliphatic carbocycles. The highest BCUT2D eigenvalue weighted by Gasteiger charge is 2.02. The van der Waals surface area contributed by atoms with Crippen molar-refractivity contribution in [1.29, 1.82) is 0 Å². The average Bonchev–Trinajstić information content (AvgIpc) is 2.32. The molecule has 0 aliphatic rings. The smallest absolute Gasteiger partial charge is 0.0184 e. The lowest BCUT2D eigenvalue weighted by Crippen LogP contribution is -1.94. The normalized spacial score (nSPS) is 10.5. The van der Waals surface area contributed by atoms with Gasteiger partial charge in [-0.3, -0.25) is 0 Å². The fourth-order valence-electron chi connectivity index (χ4n) is 2.07. The van der Waals surface area contributed by atoms with Gasteiger partial charge in [-0.2, -0.15) is 11.8 Å². The lowest BCUT2D eigenvalue weighted by molar-refractivity contribution is 1.14. The van der Waals surface area contributed by atoms with E-state index >= 15 is 0 Å². The van der Waals surface area contributed by atoms with Gasteiger partial charge < -0.3 is 0 Å². The Morgan fingerprint density at radius 1 is 0.941 bits per heavy atom. The molecule has 0 amide bonds. The van der Waals surface area contributed by atoms with Gasteiger partial charge in [-0.15, -0.1) is 0 Å². The minimum absolute atomic E-state index is 1.04. The standard InChI is InChI=1S/C16H18S/c1-13-6-5-7-14(10-13)11-15-8-3-4-9-16(15)12-17-2/h3-10H,11-12H2,1-2H3. The molecule has 0 aliphatic heterocycles. The van der Waals surface area contributed by atoms with Gasteiger partial charge in [-0.25, -0.2) is 0 Å². The molecular weight excluding hydrogens is 224 g/mol. The molecule has 0 spiro atoms. The molecule has 0 nitrogen and oxygen atoms in total. The van der Waals surface area contributed by atoms with Gasteiger partial charge in [0.1, 0.15) is 0 Å². The summed E-state index contributed by atoms with van der Waals surface area (Å²) in [5.41, 5.74) is 5.65. The van der Waals surface area contributed by atoms with Gasteiger partial charge in [-0.1, -0.05) is 54.1 Å². The van der Waals surface area contributed by atoms with E-state index in [0.29, 0.717) is 0 Å². The number of rotatable bonds is 4. The van der Waals surface area contributed by atoms with Crippen molar-refractivity contribution in [3.8, 4) is 0 Å². The lowest BCUT2D eigenvalue weighted by atomic mass is 9.99. The van der Waals surface area contributed by atoms with Gasteiger partial charge >= 0.3 is 0 Å². The minimum Gasteiger partial charge on any atom is -0.161 e. The molecule has 2 aromatic carbocycles. The zero-order valence-electron chi connectivity index (χ0n) is 10.4. The first-order valence-corrected chi connectivity index (χ1v) is 7.30. The van der Waals surface area contributed by atoms with Gasteiger partial charge in [0.2, 0.25) is 0 Å². The van der Waals surface area contributed by atoms with E-state index in [9.17, 15) is 0 Å². The first kappa shape index (κ1) is 12.3. The van der Waals surface area contributed by atoms with E-state index in [-0.39, 0.29) is 0 Å². The van der Waals surface area contributed by atoms with Crippen LogP contribution in [0.3, 0.4) is 0 Å². The third kappa shape index (κ3) is 3.37. The third-order valence-electron chi connectivity index (χ3n) is 2.90. The molecule has 0 atom stereocenters. The van der Waals surface area contributed by atoms with Crippen molar-refractivity contribution in [2.75, 3.05) is 6.26 Å². The highest BCUT2D eigenvalue weighted by molar-refractivity contribution is 7.97. The van der Waals surface area contributed by atoms with Gasteiger partial charge in [0, 0.05) is 5.75 Å². The van der Waals surface area contributed by atoms with Crippen LogP contribution in [0.2, 0.25) is 0 Å². The van der Waals surface area contributed by atoms with Crippen molar-refractivity contribution in [2.24, 2.45) is 0 Å². The Morgan fingerprint density at radius 2 is 1.71 bits per heavy atom. The van der Waals surface area contributed by atoms with Crippen LogP contribution in [0, 0.1) is 6.92 Å². The van der Waals surface area contributed by atoms with Gasteiger partial charge in [0.05, 0.1) is 0 Å². The van der Waals surface area contributed by atoms with Crippen LogP contribution in [-0.2, 0) is 12.2 Å². The fourth-order valence-corrected chi connectivity index (χ4v) is 2.66. The molecule has 1 heteroatoms. The quantitative estimate of drug-likeness (QED) is 0.763. The predicted octanol–water partition coefficient (Wildman–Crippen LogP) is 4.45. The molecule has 2 aromatic rings. The zero-order chi connectivity index (χ0) is 12.1. The van der Waals surface area contributed by atoms with E-state index in [1.807, 2.05) is 11.8 Å². The molecular formula is C16H18S. The Balaban J connectivity index is 2.23. The van der Waals surface area contributed by atoms with Gasteiger partial charge in [0.15, 0.2) is 0 Å². The largest absolute Gasteiger partial charge is 0.161 e. The Labute approximate surface area is 108 Å². The summed E-state index contributed by atoms with van der Waals surface area (Å²) in [5, 5.41) is 0. The van der Waals surface area contributed by atoms with Crippen LogP contribution >= 0.6 is 11.8 Å². The van der Waals surface area contributed by atoms with E-state index in [4.69, 9.17) is 0 Å². The molecule has 0 heterocycles. The average molecular weight is 242 g/mol. The summed E-state index contributed by atoms with van der Waals surface area (Å²) in [7, 11) is 0. The maximum atomic E-state index is 2.27. The van der Waals surface area contributed by atoms with Crippen LogP contribution in [0.4, 0.5) is 0 Å². The summed E-state index contributed by atoms with van der Waals surface area (Å²) in [5.74, 6) is 1.10. The van der Waals surface area contributed by atoms with E-state index in [1.165, 1.54) is 22.3 Å². The maximum Gasteiger partial charge on any atom is 0.0184 e. The molecule has 0 unspecified atom stereocenters. The Hall–Kier alpha value is -1.21. The van der Waals surface area contributed by atoms with Crippen molar-refractivity contribution >= 4 is 11.8 Å². The van der Waals surface area contributed by atoms with Crippen LogP contribution in [0.15, 0.2) is 48.5 Å².